The van der Waals surface area contributed by atoms with E-state index in [0.29, 0.717) is 0 Å². The van der Waals surface area contributed by atoms with E-state index >= 15 is 0 Å². The van der Waals surface area contributed by atoms with E-state index < -0.39 is 0 Å². The van der Waals surface area contributed by atoms with Gasteiger partial charge in [0.1, 0.15) is 6.10 Å². The molecule has 2 fully saturated rings. The zero-order valence-corrected chi connectivity index (χ0v) is 15.0. The van der Waals surface area contributed by atoms with Crippen LogP contribution in [0, 0.1) is 13.8 Å². The van der Waals surface area contributed by atoms with Gasteiger partial charge in [-0.25, -0.2) is 4.98 Å². The Kier molecular flexibility index (Phi) is 5.50. The maximum Gasteiger partial charge on any atom is 0.194 e. The number of aromatic nitrogens is 1. The van der Waals surface area contributed by atoms with Crippen LogP contribution in [0.1, 0.15) is 28.4 Å². The molecule has 128 valence electrons. The van der Waals surface area contributed by atoms with E-state index in [1.165, 1.54) is 4.88 Å². The second-order valence-corrected chi connectivity index (χ2v) is 7.34. The van der Waals surface area contributed by atoms with E-state index in [1.54, 1.807) is 11.3 Å². The van der Waals surface area contributed by atoms with Gasteiger partial charge in [0.2, 0.25) is 0 Å². The van der Waals surface area contributed by atoms with Crippen molar-refractivity contribution in [2.24, 2.45) is 4.99 Å². The molecule has 0 radical (unpaired) electrons. The van der Waals surface area contributed by atoms with Crippen LogP contribution in [0.15, 0.2) is 4.99 Å². The van der Waals surface area contributed by atoms with Gasteiger partial charge < -0.3 is 19.7 Å². The molecular formula is C16H26N4O2S. The second kappa shape index (κ2) is 7.59. The summed E-state index contributed by atoms with van der Waals surface area (Å²) in [5.74, 6) is 0.932. The van der Waals surface area contributed by atoms with Crippen molar-refractivity contribution < 1.29 is 9.47 Å². The molecule has 0 aliphatic carbocycles. The number of thiazole rings is 1. The van der Waals surface area contributed by atoms with E-state index in [1.807, 2.05) is 14.0 Å². The SMILES string of the molecule is CN=C(NCc1sc(C)nc1C)N1CCOC(C2CCCO2)C1. The average molecular weight is 338 g/mol. The van der Waals surface area contributed by atoms with Gasteiger partial charge in [-0.05, 0) is 26.7 Å². The molecule has 7 heteroatoms. The minimum absolute atomic E-state index is 0.150. The van der Waals surface area contributed by atoms with Gasteiger partial charge in [0.15, 0.2) is 5.96 Å². The van der Waals surface area contributed by atoms with Gasteiger partial charge in [0.25, 0.3) is 0 Å². The first-order valence-corrected chi connectivity index (χ1v) is 9.10. The standard InChI is InChI=1S/C16H26N4O2S/c1-11-15(23-12(2)19-11)9-18-16(17-3)20-6-8-22-14(10-20)13-5-4-7-21-13/h13-14H,4-10H2,1-3H3,(H,17,18). The first kappa shape index (κ1) is 16.7. The van der Waals surface area contributed by atoms with Crippen LogP contribution >= 0.6 is 11.3 Å². The number of hydrogen-bond donors (Lipinski definition) is 1. The fourth-order valence-corrected chi connectivity index (χ4v) is 4.09. The number of aryl methyl sites for hydroxylation is 2. The lowest BCUT2D eigenvalue weighted by Crippen LogP contribution is -2.53. The van der Waals surface area contributed by atoms with Gasteiger partial charge >= 0.3 is 0 Å². The molecule has 2 aliphatic heterocycles. The van der Waals surface area contributed by atoms with Gasteiger partial charge in [-0.3, -0.25) is 4.99 Å². The Morgan fingerprint density at radius 2 is 2.17 bits per heavy atom. The highest BCUT2D eigenvalue weighted by Crippen LogP contribution is 2.21. The highest BCUT2D eigenvalue weighted by Gasteiger charge is 2.32. The monoisotopic (exact) mass is 338 g/mol. The third-order valence-corrected chi connectivity index (χ3v) is 5.46. The normalized spacial score (nSPS) is 25.9. The lowest BCUT2D eigenvalue weighted by molar-refractivity contribution is -0.0817. The average Bonchev–Trinajstić information content (AvgIpc) is 3.18. The summed E-state index contributed by atoms with van der Waals surface area (Å²) in [4.78, 5) is 12.5. The number of ether oxygens (including phenoxy) is 2. The second-order valence-electron chi connectivity index (χ2n) is 6.05. The van der Waals surface area contributed by atoms with Crippen molar-refractivity contribution >= 4 is 17.3 Å². The summed E-state index contributed by atoms with van der Waals surface area (Å²) in [6.45, 7) is 8.17. The molecule has 23 heavy (non-hydrogen) atoms. The van der Waals surface area contributed by atoms with Crippen molar-refractivity contribution in [3.63, 3.8) is 0 Å². The number of rotatable bonds is 3. The molecule has 3 heterocycles. The predicted octanol–water partition coefficient (Wildman–Crippen LogP) is 1.72. The van der Waals surface area contributed by atoms with Crippen LogP contribution < -0.4 is 5.32 Å². The number of nitrogens with zero attached hydrogens (tertiary/aromatic N) is 3. The Morgan fingerprint density at radius 1 is 1.35 bits per heavy atom. The zero-order chi connectivity index (χ0) is 16.2. The molecule has 0 aromatic carbocycles. The van der Waals surface area contributed by atoms with Crippen LogP contribution in [0.3, 0.4) is 0 Å². The summed E-state index contributed by atoms with van der Waals surface area (Å²) < 4.78 is 11.7. The van der Waals surface area contributed by atoms with E-state index in [-0.39, 0.29) is 12.2 Å². The molecule has 0 bridgehead atoms. The molecule has 1 N–H and O–H groups in total. The topological polar surface area (TPSA) is 59.0 Å². The summed E-state index contributed by atoms with van der Waals surface area (Å²) in [5, 5.41) is 4.58. The van der Waals surface area contributed by atoms with Crippen molar-refractivity contribution in [2.45, 2.75) is 45.4 Å². The molecule has 2 aliphatic rings. The molecule has 2 saturated heterocycles. The van der Waals surface area contributed by atoms with Crippen molar-refractivity contribution in [3.05, 3.63) is 15.6 Å². The summed E-state index contributed by atoms with van der Waals surface area (Å²) in [7, 11) is 1.84. The van der Waals surface area contributed by atoms with E-state index in [4.69, 9.17) is 9.47 Å². The van der Waals surface area contributed by atoms with E-state index in [0.717, 1.165) is 62.4 Å². The Hall–Kier alpha value is -1.18. The molecule has 2 unspecified atom stereocenters. The first-order valence-electron chi connectivity index (χ1n) is 8.29. The Labute approximate surface area is 141 Å². The highest BCUT2D eigenvalue weighted by atomic mass is 32.1. The molecule has 6 nitrogen and oxygen atoms in total. The fourth-order valence-electron chi connectivity index (χ4n) is 3.22. The minimum atomic E-state index is 0.150. The Balaban J connectivity index is 1.58. The predicted molar refractivity (Wildman–Crippen MR) is 92.1 cm³/mol. The number of guanidine groups is 1. The van der Waals surface area contributed by atoms with E-state index in [2.05, 4.69) is 27.1 Å². The molecular weight excluding hydrogens is 312 g/mol. The van der Waals surface area contributed by atoms with Gasteiger partial charge in [0.05, 0.1) is 30.0 Å². The number of aliphatic imine (C=N–C) groups is 1. The summed E-state index contributed by atoms with van der Waals surface area (Å²) >= 11 is 1.74. The third-order valence-electron chi connectivity index (χ3n) is 4.39. The number of nitrogens with one attached hydrogen (secondary N) is 1. The van der Waals surface area contributed by atoms with Crippen molar-refractivity contribution in [2.75, 3.05) is 33.4 Å². The van der Waals surface area contributed by atoms with Crippen molar-refractivity contribution in [1.29, 1.82) is 0 Å². The van der Waals surface area contributed by atoms with Crippen molar-refractivity contribution in [3.8, 4) is 0 Å². The Bertz CT molecular complexity index is 554. The molecule has 1 aromatic rings. The van der Waals surface area contributed by atoms with Gasteiger partial charge in [-0.15, -0.1) is 11.3 Å². The number of hydrogen-bond acceptors (Lipinski definition) is 5. The summed E-state index contributed by atoms with van der Waals surface area (Å²) in [6.07, 6.45) is 2.63. The van der Waals surface area contributed by atoms with Gasteiger partial charge in [-0.1, -0.05) is 0 Å². The smallest absolute Gasteiger partial charge is 0.194 e. The summed E-state index contributed by atoms with van der Waals surface area (Å²) in [5.41, 5.74) is 1.11. The maximum absolute atomic E-state index is 5.91. The Morgan fingerprint density at radius 3 is 2.83 bits per heavy atom. The fraction of sp³-hybridized carbons (Fsp3) is 0.750. The van der Waals surface area contributed by atoms with Crippen LogP contribution in [0.4, 0.5) is 0 Å². The van der Waals surface area contributed by atoms with Crippen LogP contribution in [0.25, 0.3) is 0 Å². The van der Waals surface area contributed by atoms with E-state index in [9.17, 15) is 0 Å². The van der Waals surface area contributed by atoms with Crippen LogP contribution in [0.2, 0.25) is 0 Å². The molecule has 1 aromatic heterocycles. The minimum Gasteiger partial charge on any atom is -0.375 e. The quantitative estimate of drug-likeness (QED) is 0.672. The van der Waals surface area contributed by atoms with Crippen molar-refractivity contribution in [1.82, 2.24) is 15.2 Å². The molecule has 3 rings (SSSR count). The van der Waals surface area contributed by atoms with Gasteiger partial charge in [0, 0.05) is 31.6 Å². The van der Waals surface area contributed by atoms with Crippen LogP contribution in [0.5, 0.6) is 0 Å². The molecule has 2 atom stereocenters. The van der Waals surface area contributed by atoms with Crippen LogP contribution in [-0.4, -0.2) is 61.4 Å². The number of morpholine rings is 1. The van der Waals surface area contributed by atoms with Crippen LogP contribution in [-0.2, 0) is 16.0 Å². The van der Waals surface area contributed by atoms with Gasteiger partial charge in [-0.2, -0.15) is 0 Å². The molecule has 0 spiro atoms. The first-order chi connectivity index (χ1) is 11.2. The molecule has 0 amide bonds. The third kappa shape index (κ3) is 4.02. The zero-order valence-electron chi connectivity index (χ0n) is 14.2. The lowest BCUT2D eigenvalue weighted by atomic mass is 10.1. The lowest BCUT2D eigenvalue weighted by Gasteiger charge is -2.37. The maximum atomic E-state index is 5.91. The molecule has 0 saturated carbocycles. The summed E-state index contributed by atoms with van der Waals surface area (Å²) in [6, 6.07) is 0. The largest absolute Gasteiger partial charge is 0.375 e. The highest BCUT2D eigenvalue weighted by molar-refractivity contribution is 7.11.